The van der Waals surface area contributed by atoms with Gasteiger partial charge in [-0.25, -0.2) is 8.78 Å². The summed E-state index contributed by atoms with van der Waals surface area (Å²) in [6, 6.07) is 9.91. The van der Waals surface area contributed by atoms with E-state index in [-0.39, 0.29) is 12.1 Å². The van der Waals surface area contributed by atoms with Crippen LogP contribution in [0.1, 0.15) is 12.0 Å². The number of hydrogen-bond acceptors (Lipinski definition) is 6. The minimum atomic E-state index is -0.897. The largest absolute Gasteiger partial charge is 0.490 e. The van der Waals surface area contributed by atoms with E-state index in [2.05, 4.69) is 22.0 Å². The molecule has 7 nitrogen and oxygen atoms in total. The highest BCUT2D eigenvalue weighted by atomic mass is 32.2. The Morgan fingerprint density at radius 3 is 2.69 bits per heavy atom. The van der Waals surface area contributed by atoms with E-state index in [0.717, 1.165) is 34.5 Å². The Labute approximate surface area is 187 Å². The number of hydrogen-bond donors (Lipinski definition) is 1. The Kier molecular flexibility index (Phi) is 7.72. The van der Waals surface area contributed by atoms with Crippen LogP contribution in [0, 0.1) is 11.6 Å². The van der Waals surface area contributed by atoms with Crippen LogP contribution in [0.3, 0.4) is 0 Å². The van der Waals surface area contributed by atoms with Crippen molar-refractivity contribution < 1.29 is 23.1 Å². The molecule has 1 aliphatic heterocycles. The zero-order chi connectivity index (χ0) is 23.1. The summed E-state index contributed by atoms with van der Waals surface area (Å²) in [5.41, 5.74) is 0.573. The number of carbonyl (C=O) groups excluding carboxylic acids is 2. The quantitative estimate of drug-likeness (QED) is 0.482. The van der Waals surface area contributed by atoms with Gasteiger partial charge in [-0.2, -0.15) is 10.1 Å². The molecule has 0 aromatic heterocycles. The molecule has 0 aliphatic carbocycles. The molecule has 2 amide bonds. The van der Waals surface area contributed by atoms with E-state index in [1.54, 1.807) is 30.3 Å². The van der Waals surface area contributed by atoms with Crippen molar-refractivity contribution in [3.63, 3.8) is 0 Å². The summed E-state index contributed by atoms with van der Waals surface area (Å²) >= 11 is 1.09. The molecule has 0 spiro atoms. The highest BCUT2D eigenvalue weighted by Gasteiger charge is 2.39. The SMILES string of the molecule is C=CCOc1ccc(/C=N/N2C(=O)C(CC(=O)Nc3ccc(F)cc3F)SC2=NC)cc1. The fraction of sp³-hybridized carbons (Fsp3) is 0.182. The molecular formula is C22H20F2N4O3S. The van der Waals surface area contributed by atoms with Gasteiger partial charge in [-0.05, 0) is 42.0 Å². The number of amides is 2. The molecule has 1 N–H and O–H groups in total. The minimum absolute atomic E-state index is 0.161. The third kappa shape index (κ3) is 5.79. The average Bonchev–Trinajstić information content (AvgIpc) is 3.07. The first kappa shape index (κ1) is 23.1. The standard InChI is InChI=1S/C22H20F2N4O3S/c1-3-10-31-16-7-4-14(5-8-16)13-26-28-21(30)19(32-22(28)25-2)12-20(29)27-18-9-6-15(23)11-17(18)24/h3-9,11,13,19H,1,10,12H2,2H3,(H,27,29)/b25-22?,26-13+. The lowest BCUT2D eigenvalue weighted by Gasteiger charge is -2.10. The molecule has 1 unspecified atom stereocenters. The highest BCUT2D eigenvalue weighted by molar-refractivity contribution is 8.15. The maximum Gasteiger partial charge on any atom is 0.263 e. The third-order valence-electron chi connectivity index (χ3n) is 4.25. The molecule has 0 saturated carbocycles. The molecule has 2 aromatic carbocycles. The second-order valence-corrected chi connectivity index (χ2v) is 7.72. The fourth-order valence-electron chi connectivity index (χ4n) is 2.73. The lowest BCUT2D eigenvalue weighted by atomic mass is 10.2. The van der Waals surface area contributed by atoms with Gasteiger partial charge in [0.15, 0.2) is 5.17 Å². The molecule has 1 aliphatic rings. The normalized spacial score (nSPS) is 17.2. The summed E-state index contributed by atoms with van der Waals surface area (Å²) in [5.74, 6) is -1.98. The number of thioether (sulfide) groups is 1. The first-order valence-electron chi connectivity index (χ1n) is 9.51. The van der Waals surface area contributed by atoms with E-state index >= 15 is 0 Å². The molecule has 2 aromatic rings. The van der Waals surface area contributed by atoms with Crippen molar-refractivity contribution in [2.45, 2.75) is 11.7 Å². The van der Waals surface area contributed by atoms with E-state index in [1.165, 1.54) is 13.3 Å². The Balaban J connectivity index is 1.63. The van der Waals surface area contributed by atoms with Crippen molar-refractivity contribution in [3.8, 4) is 5.75 Å². The van der Waals surface area contributed by atoms with Crippen molar-refractivity contribution >= 4 is 40.6 Å². The summed E-state index contributed by atoms with van der Waals surface area (Å²) < 4.78 is 32.2. The van der Waals surface area contributed by atoms with Gasteiger partial charge in [-0.1, -0.05) is 24.4 Å². The number of amidine groups is 1. The maximum absolute atomic E-state index is 13.7. The van der Waals surface area contributed by atoms with Crippen LogP contribution >= 0.6 is 11.8 Å². The van der Waals surface area contributed by atoms with Crippen LogP contribution in [0.15, 0.2) is 65.2 Å². The van der Waals surface area contributed by atoms with Crippen molar-refractivity contribution in [1.82, 2.24) is 5.01 Å². The van der Waals surface area contributed by atoms with Gasteiger partial charge in [0.25, 0.3) is 5.91 Å². The Morgan fingerprint density at radius 2 is 2.03 bits per heavy atom. The predicted molar refractivity (Wildman–Crippen MR) is 121 cm³/mol. The number of benzene rings is 2. The van der Waals surface area contributed by atoms with Gasteiger partial charge in [0.2, 0.25) is 5.91 Å². The van der Waals surface area contributed by atoms with Crippen molar-refractivity contribution in [1.29, 1.82) is 0 Å². The summed E-state index contributed by atoms with van der Waals surface area (Å²) in [7, 11) is 1.51. The molecule has 10 heteroatoms. The van der Waals surface area contributed by atoms with Crippen LogP contribution in [-0.4, -0.2) is 47.1 Å². The van der Waals surface area contributed by atoms with E-state index in [4.69, 9.17) is 4.74 Å². The van der Waals surface area contributed by atoms with Gasteiger partial charge in [0, 0.05) is 19.5 Å². The zero-order valence-electron chi connectivity index (χ0n) is 17.1. The maximum atomic E-state index is 13.7. The molecule has 0 bridgehead atoms. The number of nitrogens with zero attached hydrogens (tertiary/aromatic N) is 3. The number of hydrazone groups is 1. The average molecular weight is 458 g/mol. The van der Waals surface area contributed by atoms with Crippen LogP contribution in [-0.2, 0) is 9.59 Å². The molecule has 1 heterocycles. The van der Waals surface area contributed by atoms with Crippen LogP contribution in [0.4, 0.5) is 14.5 Å². The summed E-state index contributed by atoms with van der Waals surface area (Å²) in [5, 5.41) is 7.24. The van der Waals surface area contributed by atoms with Crippen LogP contribution in [0.5, 0.6) is 5.75 Å². The zero-order valence-corrected chi connectivity index (χ0v) is 17.9. The second-order valence-electron chi connectivity index (χ2n) is 6.55. The Bertz CT molecular complexity index is 1070. The molecular weight excluding hydrogens is 438 g/mol. The van der Waals surface area contributed by atoms with Crippen molar-refractivity contribution in [2.24, 2.45) is 10.1 Å². The molecule has 1 saturated heterocycles. The minimum Gasteiger partial charge on any atom is -0.490 e. The van der Waals surface area contributed by atoms with Gasteiger partial charge in [-0.3, -0.25) is 14.6 Å². The summed E-state index contributed by atoms with van der Waals surface area (Å²) in [6.07, 6.45) is 2.92. The molecule has 1 atom stereocenters. The number of anilines is 1. The molecule has 1 fully saturated rings. The van der Waals surface area contributed by atoms with Gasteiger partial charge >= 0.3 is 0 Å². The predicted octanol–water partition coefficient (Wildman–Crippen LogP) is 3.82. The van der Waals surface area contributed by atoms with Crippen LogP contribution in [0.25, 0.3) is 0 Å². The van der Waals surface area contributed by atoms with Gasteiger partial charge in [0.1, 0.15) is 29.2 Å². The topological polar surface area (TPSA) is 83.4 Å². The first-order valence-corrected chi connectivity index (χ1v) is 10.4. The summed E-state index contributed by atoms with van der Waals surface area (Å²) in [6.45, 7) is 3.98. The van der Waals surface area contributed by atoms with E-state index < -0.39 is 28.7 Å². The first-order chi connectivity index (χ1) is 15.4. The van der Waals surface area contributed by atoms with Crippen LogP contribution < -0.4 is 10.1 Å². The van der Waals surface area contributed by atoms with Gasteiger partial charge in [-0.15, -0.1) is 0 Å². The number of rotatable bonds is 8. The lowest BCUT2D eigenvalue weighted by molar-refractivity contribution is -0.128. The number of aliphatic imine (C=N–C) groups is 1. The number of halogens is 2. The van der Waals surface area contributed by atoms with Crippen molar-refractivity contribution in [3.05, 3.63) is 72.3 Å². The van der Waals surface area contributed by atoms with E-state index in [0.29, 0.717) is 23.6 Å². The Hall–Kier alpha value is -3.53. The molecule has 3 rings (SSSR count). The highest BCUT2D eigenvalue weighted by Crippen LogP contribution is 2.30. The number of nitrogens with one attached hydrogen (secondary N) is 1. The lowest BCUT2D eigenvalue weighted by Crippen LogP contribution is -2.30. The summed E-state index contributed by atoms with van der Waals surface area (Å²) in [4.78, 5) is 29.1. The second kappa shape index (κ2) is 10.7. The Morgan fingerprint density at radius 1 is 1.28 bits per heavy atom. The smallest absolute Gasteiger partial charge is 0.263 e. The molecule has 32 heavy (non-hydrogen) atoms. The molecule has 0 radical (unpaired) electrons. The van der Waals surface area contributed by atoms with E-state index in [1.807, 2.05) is 0 Å². The number of ether oxygens (including phenoxy) is 1. The fourth-order valence-corrected chi connectivity index (χ4v) is 3.76. The number of carbonyl (C=O) groups is 2. The molecule has 166 valence electrons. The van der Waals surface area contributed by atoms with Gasteiger partial charge in [0.05, 0.1) is 11.9 Å². The van der Waals surface area contributed by atoms with Crippen molar-refractivity contribution in [2.75, 3.05) is 19.0 Å². The third-order valence-corrected chi connectivity index (χ3v) is 5.47. The van der Waals surface area contributed by atoms with Crippen LogP contribution in [0.2, 0.25) is 0 Å². The van der Waals surface area contributed by atoms with E-state index in [9.17, 15) is 18.4 Å². The monoisotopic (exact) mass is 458 g/mol. The van der Waals surface area contributed by atoms with Gasteiger partial charge < -0.3 is 10.1 Å².